The smallest absolute Gasteiger partial charge is 0.239 e. The minimum absolute atomic E-state index is 0.0136. The summed E-state index contributed by atoms with van der Waals surface area (Å²) in [6.45, 7) is 0.0637. The summed E-state index contributed by atoms with van der Waals surface area (Å²) in [5.41, 5.74) is 0.955. The van der Waals surface area contributed by atoms with E-state index >= 15 is 0 Å². The molecule has 0 spiro atoms. The van der Waals surface area contributed by atoms with Crippen LogP contribution in [0.2, 0.25) is 0 Å². The van der Waals surface area contributed by atoms with Crippen LogP contribution < -0.4 is 10.6 Å². The van der Waals surface area contributed by atoms with Gasteiger partial charge >= 0.3 is 0 Å². The minimum Gasteiger partial charge on any atom is -0.375 e. The first kappa shape index (κ1) is 13.9. The lowest BCUT2D eigenvalue weighted by molar-refractivity contribution is -0.119. The second kappa shape index (κ2) is 6.60. The third-order valence-electron chi connectivity index (χ3n) is 2.61. The predicted octanol–water partition coefficient (Wildman–Crippen LogP) is 2.09. The summed E-state index contributed by atoms with van der Waals surface area (Å²) in [5.74, 6) is -1.61. The van der Waals surface area contributed by atoms with E-state index in [0.717, 1.165) is 17.8 Å². The number of aromatic nitrogens is 1. The highest BCUT2D eigenvalue weighted by Crippen LogP contribution is 2.09. The number of halogens is 2. The van der Waals surface area contributed by atoms with Crippen molar-refractivity contribution in [3.63, 3.8) is 0 Å². The van der Waals surface area contributed by atoms with E-state index in [9.17, 15) is 13.6 Å². The second-order valence-electron chi connectivity index (χ2n) is 4.11. The van der Waals surface area contributed by atoms with Crippen LogP contribution in [0, 0.1) is 11.6 Å². The van der Waals surface area contributed by atoms with E-state index in [1.807, 2.05) is 0 Å². The molecule has 1 heterocycles. The van der Waals surface area contributed by atoms with Gasteiger partial charge in [-0.3, -0.25) is 9.78 Å². The van der Waals surface area contributed by atoms with Crippen LogP contribution in [0.25, 0.3) is 0 Å². The fraction of sp³-hybridized carbons (Fsp3) is 0.143. The average Bonchev–Trinajstić information content (AvgIpc) is 2.45. The van der Waals surface area contributed by atoms with Crippen molar-refractivity contribution in [1.29, 1.82) is 0 Å². The highest BCUT2D eigenvalue weighted by Gasteiger charge is 2.06. The maximum Gasteiger partial charge on any atom is 0.239 e. The Kier molecular flexibility index (Phi) is 4.60. The largest absolute Gasteiger partial charge is 0.375 e. The second-order valence-corrected chi connectivity index (χ2v) is 4.11. The lowest BCUT2D eigenvalue weighted by Gasteiger charge is -2.08. The van der Waals surface area contributed by atoms with E-state index in [0.29, 0.717) is 0 Å². The van der Waals surface area contributed by atoms with Crippen molar-refractivity contribution in [2.24, 2.45) is 0 Å². The zero-order chi connectivity index (χ0) is 14.4. The van der Waals surface area contributed by atoms with Crippen LogP contribution in [0.1, 0.15) is 5.56 Å². The number of rotatable bonds is 5. The van der Waals surface area contributed by atoms with Gasteiger partial charge in [-0.15, -0.1) is 0 Å². The van der Waals surface area contributed by atoms with E-state index in [1.165, 1.54) is 6.07 Å². The number of hydrogen-bond donors (Lipinski definition) is 2. The topological polar surface area (TPSA) is 54.0 Å². The fourth-order valence-corrected chi connectivity index (χ4v) is 1.57. The van der Waals surface area contributed by atoms with Crippen LogP contribution in [-0.2, 0) is 11.3 Å². The average molecular weight is 277 g/mol. The molecule has 104 valence electrons. The fourth-order valence-electron chi connectivity index (χ4n) is 1.57. The molecule has 0 radical (unpaired) electrons. The summed E-state index contributed by atoms with van der Waals surface area (Å²) in [5, 5.41) is 5.42. The maximum absolute atomic E-state index is 13.3. The third-order valence-corrected chi connectivity index (χ3v) is 2.61. The lowest BCUT2D eigenvalue weighted by Crippen LogP contribution is -2.29. The van der Waals surface area contributed by atoms with Crippen LogP contribution in [-0.4, -0.2) is 17.4 Å². The molecule has 6 heteroatoms. The van der Waals surface area contributed by atoms with Gasteiger partial charge in [-0.05, 0) is 18.2 Å². The molecule has 0 aliphatic rings. The van der Waals surface area contributed by atoms with E-state index in [2.05, 4.69) is 15.6 Å². The van der Waals surface area contributed by atoms with Gasteiger partial charge in [0.25, 0.3) is 0 Å². The van der Waals surface area contributed by atoms with E-state index in [4.69, 9.17) is 0 Å². The first-order valence-corrected chi connectivity index (χ1v) is 5.99. The molecule has 2 N–H and O–H groups in total. The number of amides is 1. The predicted molar refractivity (Wildman–Crippen MR) is 70.9 cm³/mol. The Morgan fingerprint density at radius 3 is 2.80 bits per heavy atom. The van der Waals surface area contributed by atoms with Crippen molar-refractivity contribution < 1.29 is 13.6 Å². The van der Waals surface area contributed by atoms with E-state index in [-0.39, 0.29) is 24.6 Å². The number of nitrogens with one attached hydrogen (secondary N) is 2. The Labute approximate surface area is 114 Å². The molecule has 0 aliphatic carbocycles. The van der Waals surface area contributed by atoms with Crippen molar-refractivity contribution in [2.45, 2.75) is 6.54 Å². The number of pyridine rings is 1. The number of nitrogens with zero attached hydrogens (tertiary/aromatic N) is 1. The first-order chi connectivity index (χ1) is 9.65. The summed E-state index contributed by atoms with van der Waals surface area (Å²) in [4.78, 5) is 15.5. The number of carbonyl (C=O) groups is 1. The van der Waals surface area contributed by atoms with Crippen LogP contribution >= 0.6 is 0 Å². The Morgan fingerprint density at radius 1 is 1.25 bits per heavy atom. The number of hydrogen-bond acceptors (Lipinski definition) is 3. The quantitative estimate of drug-likeness (QED) is 0.880. The minimum atomic E-state index is -0.675. The zero-order valence-electron chi connectivity index (χ0n) is 10.6. The van der Waals surface area contributed by atoms with Gasteiger partial charge in [0.2, 0.25) is 5.91 Å². The molecule has 1 aromatic heterocycles. The molecule has 0 atom stereocenters. The van der Waals surface area contributed by atoms with E-state index in [1.54, 1.807) is 24.5 Å². The summed E-state index contributed by atoms with van der Waals surface area (Å²) in [6.07, 6.45) is 3.22. The summed E-state index contributed by atoms with van der Waals surface area (Å²) in [6, 6.07) is 6.77. The Bertz CT molecular complexity index is 590. The monoisotopic (exact) mass is 277 g/mol. The van der Waals surface area contributed by atoms with Crippen molar-refractivity contribution in [3.05, 3.63) is 59.9 Å². The molecule has 0 saturated carbocycles. The summed E-state index contributed by atoms with van der Waals surface area (Å²) < 4.78 is 26.0. The van der Waals surface area contributed by atoms with Gasteiger partial charge < -0.3 is 10.6 Å². The van der Waals surface area contributed by atoms with Crippen molar-refractivity contribution >= 4 is 11.6 Å². The molecule has 0 unspecified atom stereocenters. The molecule has 0 aliphatic heterocycles. The molecular weight excluding hydrogens is 264 g/mol. The molecule has 0 saturated heterocycles. The van der Waals surface area contributed by atoms with Crippen molar-refractivity contribution in [1.82, 2.24) is 10.3 Å². The molecular formula is C14H13F2N3O. The van der Waals surface area contributed by atoms with E-state index < -0.39 is 11.6 Å². The van der Waals surface area contributed by atoms with Gasteiger partial charge in [0.05, 0.1) is 12.2 Å². The Hall–Kier alpha value is -2.50. The highest BCUT2D eigenvalue weighted by molar-refractivity contribution is 5.80. The first-order valence-electron chi connectivity index (χ1n) is 5.99. The van der Waals surface area contributed by atoms with Crippen molar-refractivity contribution in [2.75, 3.05) is 11.9 Å². The van der Waals surface area contributed by atoms with Gasteiger partial charge in [0, 0.05) is 30.6 Å². The molecule has 0 bridgehead atoms. The molecule has 2 aromatic rings. The van der Waals surface area contributed by atoms with Gasteiger partial charge in [0.15, 0.2) is 0 Å². The van der Waals surface area contributed by atoms with Crippen LogP contribution in [0.3, 0.4) is 0 Å². The highest BCUT2D eigenvalue weighted by atomic mass is 19.1. The Morgan fingerprint density at radius 2 is 2.10 bits per heavy atom. The zero-order valence-corrected chi connectivity index (χ0v) is 10.6. The maximum atomic E-state index is 13.3. The molecule has 2 rings (SSSR count). The normalized spacial score (nSPS) is 10.1. The van der Waals surface area contributed by atoms with Gasteiger partial charge in [-0.1, -0.05) is 6.07 Å². The van der Waals surface area contributed by atoms with Gasteiger partial charge in [-0.2, -0.15) is 0 Å². The summed E-state index contributed by atoms with van der Waals surface area (Å²) in [7, 11) is 0. The van der Waals surface area contributed by atoms with Crippen LogP contribution in [0.4, 0.5) is 14.5 Å². The molecule has 4 nitrogen and oxygen atoms in total. The van der Waals surface area contributed by atoms with Crippen LogP contribution in [0.5, 0.6) is 0 Å². The van der Waals surface area contributed by atoms with Crippen molar-refractivity contribution in [3.8, 4) is 0 Å². The number of anilines is 1. The number of benzene rings is 1. The van der Waals surface area contributed by atoms with Crippen LogP contribution in [0.15, 0.2) is 42.7 Å². The SMILES string of the molecule is O=C(CNc1cccnc1)NCc1ccc(F)cc1F. The Balaban J connectivity index is 1.80. The number of carbonyl (C=O) groups excluding carboxylic acids is 1. The van der Waals surface area contributed by atoms with Gasteiger partial charge in [0.1, 0.15) is 11.6 Å². The molecule has 20 heavy (non-hydrogen) atoms. The molecule has 0 fully saturated rings. The molecule has 1 aromatic carbocycles. The standard InChI is InChI=1S/C14H13F2N3O/c15-11-4-3-10(13(16)6-11)7-19-14(20)9-18-12-2-1-5-17-8-12/h1-6,8,18H,7,9H2,(H,19,20). The lowest BCUT2D eigenvalue weighted by atomic mass is 10.2. The molecule has 1 amide bonds. The van der Waals surface area contributed by atoms with Gasteiger partial charge in [-0.25, -0.2) is 8.78 Å². The third kappa shape index (κ3) is 4.01. The summed E-state index contributed by atoms with van der Waals surface area (Å²) >= 11 is 0.